The number of nitrogens with zero attached hydrogens (tertiary/aromatic N) is 2. The molecule has 1 fully saturated rings. The van der Waals surface area contributed by atoms with Crippen LogP contribution in [0.2, 0.25) is 0 Å². The molecule has 1 saturated heterocycles. The zero-order valence-corrected chi connectivity index (χ0v) is 21.5. The third kappa shape index (κ3) is 8.94. The molecular weight excluding hydrogens is 416 g/mol. The van der Waals surface area contributed by atoms with Crippen molar-refractivity contribution >= 4 is 17.5 Å². The topological polar surface area (TPSA) is 123 Å². The van der Waals surface area contributed by atoms with E-state index in [-0.39, 0.29) is 24.4 Å². The predicted octanol–water partition coefficient (Wildman–Crippen LogP) is 4.26. The van der Waals surface area contributed by atoms with Crippen molar-refractivity contribution in [2.75, 3.05) is 7.11 Å². The van der Waals surface area contributed by atoms with E-state index < -0.39 is 41.8 Å². The van der Waals surface area contributed by atoms with Crippen LogP contribution in [0.3, 0.4) is 0 Å². The monoisotopic (exact) mass is 460 g/mol. The van der Waals surface area contributed by atoms with Crippen molar-refractivity contribution in [2.24, 2.45) is 23.0 Å². The van der Waals surface area contributed by atoms with Gasteiger partial charge in [0.2, 0.25) is 0 Å². The maximum atomic E-state index is 12.8. The first-order valence-electron chi connectivity index (χ1n) is 11.6. The van der Waals surface area contributed by atoms with Crippen LogP contribution in [-0.4, -0.2) is 52.8 Å². The van der Waals surface area contributed by atoms with Gasteiger partial charge in [-0.2, -0.15) is 5.01 Å². The molecule has 0 saturated carbocycles. The smallest absolute Gasteiger partial charge is 0.318 e. The van der Waals surface area contributed by atoms with Gasteiger partial charge in [0.1, 0.15) is 17.5 Å². The first kappa shape index (κ1) is 32.3. The Morgan fingerprint density at radius 2 is 1.69 bits per heavy atom. The molecule has 0 bridgehead atoms. The fourth-order valence-electron chi connectivity index (χ4n) is 3.43. The van der Waals surface area contributed by atoms with E-state index in [1.165, 1.54) is 21.0 Å². The number of hydrogen-bond acceptors (Lipinski definition) is 8. The maximum Gasteiger partial charge on any atom is 0.318 e. The first-order chi connectivity index (χ1) is 15.0. The Hall–Kier alpha value is -1.87. The van der Waals surface area contributed by atoms with Gasteiger partial charge in [-0.3, -0.25) is 14.4 Å². The van der Waals surface area contributed by atoms with E-state index in [2.05, 4.69) is 5.29 Å². The third-order valence-electron chi connectivity index (χ3n) is 5.61. The summed E-state index contributed by atoms with van der Waals surface area (Å²) in [7, 11) is 1.50. The van der Waals surface area contributed by atoms with Crippen molar-refractivity contribution in [2.45, 2.75) is 106 Å². The van der Waals surface area contributed by atoms with Crippen LogP contribution < -0.4 is 0 Å². The molecule has 9 heteroatoms. The Balaban J connectivity index is 0. The molecule has 0 aromatic rings. The van der Waals surface area contributed by atoms with E-state index in [0.717, 1.165) is 0 Å². The molecule has 188 valence electrons. The lowest BCUT2D eigenvalue weighted by Crippen LogP contribution is -2.48. The molecule has 1 heterocycles. The largest absolute Gasteiger partial charge is 0.439 e. The van der Waals surface area contributed by atoms with Crippen LogP contribution in [0.4, 0.5) is 0 Å². The molecule has 9 nitrogen and oxygen atoms in total. The number of Topliss-reactive ketones (excluding diaryl/α,β-unsaturated/α-hetero) is 2. The molecule has 1 aliphatic heterocycles. The van der Waals surface area contributed by atoms with Gasteiger partial charge in [-0.05, 0) is 26.7 Å². The summed E-state index contributed by atoms with van der Waals surface area (Å²) in [6.07, 6.45) is -1.83. The summed E-state index contributed by atoms with van der Waals surface area (Å²) in [5, 5.41) is 14.0. The Morgan fingerprint density at radius 3 is 2.12 bits per heavy atom. The van der Waals surface area contributed by atoms with Crippen LogP contribution in [-0.2, 0) is 23.9 Å². The van der Waals surface area contributed by atoms with Gasteiger partial charge < -0.3 is 14.6 Å². The predicted molar refractivity (Wildman–Crippen MR) is 123 cm³/mol. The molecule has 0 amide bonds. The second-order valence-electron chi connectivity index (χ2n) is 7.81. The van der Waals surface area contributed by atoms with Crippen LogP contribution >= 0.6 is 0 Å². The standard InChI is InChI=1S/C19H32N2O7.2C2H6/c1-7-15-21(20-26)17(24)13(4)16(23)11(2)10-19(5,27-6)9-8-14(22)12(3)18(25)28-15;2*1-2/h11-13,15,17,24H,7-10H2,1-6H3;2*1-2H3/t11-,12?,13?,15-,17?,19+;;/m1../s1. The van der Waals surface area contributed by atoms with Gasteiger partial charge in [-0.25, -0.2) is 0 Å². The molecule has 0 spiro atoms. The second-order valence-corrected chi connectivity index (χ2v) is 7.81. The number of hydrogen-bond donors (Lipinski definition) is 1. The van der Waals surface area contributed by atoms with Crippen molar-refractivity contribution in [3.05, 3.63) is 4.91 Å². The third-order valence-corrected chi connectivity index (χ3v) is 5.61. The second kappa shape index (κ2) is 15.9. The molecular formula is C23H44N2O7. The lowest BCUT2D eigenvalue weighted by molar-refractivity contribution is -0.183. The summed E-state index contributed by atoms with van der Waals surface area (Å²) in [6.45, 7) is 16.1. The number of aliphatic hydroxyl groups excluding tert-OH is 1. The van der Waals surface area contributed by atoms with E-state index >= 15 is 0 Å². The Kier molecular flexibility index (Phi) is 16.0. The first-order valence-corrected chi connectivity index (χ1v) is 11.6. The normalized spacial score (nSPS) is 32.4. The van der Waals surface area contributed by atoms with Gasteiger partial charge in [0.25, 0.3) is 0 Å². The quantitative estimate of drug-likeness (QED) is 0.377. The summed E-state index contributed by atoms with van der Waals surface area (Å²) >= 11 is 0. The average molecular weight is 461 g/mol. The number of esters is 1. The van der Waals surface area contributed by atoms with Gasteiger partial charge in [-0.15, -0.1) is 4.91 Å². The van der Waals surface area contributed by atoms with Gasteiger partial charge in [0.05, 0.1) is 16.8 Å². The number of ether oxygens (including phenoxy) is 2. The molecule has 1 rings (SSSR count). The van der Waals surface area contributed by atoms with Crippen LogP contribution in [0.25, 0.3) is 0 Å². The van der Waals surface area contributed by atoms with Crippen LogP contribution in [0.5, 0.6) is 0 Å². The minimum atomic E-state index is -1.56. The van der Waals surface area contributed by atoms with E-state index in [1.807, 2.05) is 27.7 Å². The van der Waals surface area contributed by atoms with E-state index in [9.17, 15) is 24.4 Å². The van der Waals surface area contributed by atoms with Crippen molar-refractivity contribution in [3.8, 4) is 0 Å². The van der Waals surface area contributed by atoms with Crippen LogP contribution in [0, 0.1) is 22.7 Å². The molecule has 0 aliphatic carbocycles. The zero-order valence-electron chi connectivity index (χ0n) is 21.5. The van der Waals surface area contributed by atoms with Crippen molar-refractivity contribution in [3.63, 3.8) is 0 Å². The SMILES string of the molecule is CC.CC.CC[C@H]1OC(=O)C(C)C(=O)CC[C@](C)(OC)C[C@@H](C)C(=O)C(C)C(O)N1N=O. The lowest BCUT2D eigenvalue weighted by atomic mass is 9.82. The zero-order chi connectivity index (χ0) is 25.6. The Labute approximate surface area is 193 Å². The number of carbonyl (C=O) groups is 3. The molecule has 3 unspecified atom stereocenters. The number of nitroso groups, excluding NO2 is 1. The Morgan fingerprint density at radius 1 is 1.16 bits per heavy atom. The maximum absolute atomic E-state index is 12.8. The van der Waals surface area contributed by atoms with Gasteiger partial charge in [0, 0.05) is 25.9 Å². The summed E-state index contributed by atoms with van der Waals surface area (Å²) in [6, 6.07) is 0. The fraction of sp³-hybridized carbons (Fsp3) is 0.870. The minimum Gasteiger partial charge on any atom is -0.439 e. The van der Waals surface area contributed by atoms with Crippen molar-refractivity contribution in [1.82, 2.24) is 5.01 Å². The lowest BCUT2D eigenvalue weighted by Gasteiger charge is -2.35. The van der Waals surface area contributed by atoms with Crippen molar-refractivity contribution < 1.29 is 29.0 Å². The number of ketones is 2. The molecule has 0 radical (unpaired) electrons. The van der Waals surface area contributed by atoms with Crippen LogP contribution in [0.15, 0.2) is 5.29 Å². The van der Waals surface area contributed by atoms with E-state index in [4.69, 9.17) is 9.47 Å². The van der Waals surface area contributed by atoms with Crippen molar-refractivity contribution in [1.29, 1.82) is 0 Å². The number of aliphatic hydroxyl groups is 1. The van der Waals surface area contributed by atoms with Crippen LogP contribution in [0.1, 0.15) is 88.0 Å². The summed E-state index contributed by atoms with van der Waals surface area (Å²) < 4.78 is 10.8. The van der Waals surface area contributed by atoms with Gasteiger partial charge in [0.15, 0.2) is 12.5 Å². The number of carbonyl (C=O) groups excluding carboxylic acids is 3. The molecule has 0 aromatic carbocycles. The highest BCUT2D eigenvalue weighted by molar-refractivity contribution is 5.98. The molecule has 1 N–H and O–H groups in total. The number of rotatable bonds is 3. The van der Waals surface area contributed by atoms with Gasteiger partial charge in [-0.1, -0.05) is 48.5 Å². The summed E-state index contributed by atoms with van der Waals surface area (Å²) in [4.78, 5) is 48.9. The number of cyclic esters (lactones) is 1. The number of methoxy groups -OCH3 is 1. The van der Waals surface area contributed by atoms with E-state index in [1.54, 1.807) is 20.8 Å². The Bertz CT molecular complexity index is 599. The highest BCUT2D eigenvalue weighted by Crippen LogP contribution is 2.30. The highest BCUT2D eigenvalue weighted by Gasteiger charge is 2.39. The molecule has 6 atom stereocenters. The molecule has 0 aromatic heterocycles. The highest BCUT2D eigenvalue weighted by atomic mass is 16.6. The minimum absolute atomic E-state index is 0.0894. The van der Waals surface area contributed by atoms with E-state index in [0.29, 0.717) is 17.9 Å². The molecule has 32 heavy (non-hydrogen) atoms. The fourth-order valence-corrected chi connectivity index (χ4v) is 3.43. The van der Waals surface area contributed by atoms with Gasteiger partial charge >= 0.3 is 5.97 Å². The summed E-state index contributed by atoms with van der Waals surface area (Å²) in [5.41, 5.74) is -0.752. The summed E-state index contributed by atoms with van der Waals surface area (Å²) in [5.74, 6) is -3.85. The average Bonchev–Trinajstić information content (AvgIpc) is 2.82. The molecule has 1 aliphatic rings.